The number of nitro benzene ring substituents is 1. The molecule has 2 rings (SSSR count). The number of ether oxygens (including phenoxy) is 2. The zero-order valence-corrected chi connectivity index (χ0v) is 17.7. The Morgan fingerprint density at radius 3 is 2.66 bits per heavy atom. The van der Waals surface area contributed by atoms with Crippen molar-refractivity contribution in [2.75, 3.05) is 13.7 Å². The topological polar surface area (TPSA) is 125 Å². The molecule has 0 aliphatic carbocycles. The average molecular weight is 421 g/mol. The second-order valence-electron chi connectivity index (χ2n) is 7.17. The fourth-order valence-electron chi connectivity index (χ4n) is 2.43. The van der Waals surface area contributed by atoms with E-state index < -0.39 is 15.9 Å². The van der Waals surface area contributed by atoms with E-state index in [1.54, 1.807) is 0 Å². The lowest BCUT2D eigenvalue weighted by Gasteiger charge is -2.16. The summed E-state index contributed by atoms with van der Waals surface area (Å²) >= 11 is 5.10. The first-order valence-corrected chi connectivity index (χ1v) is 9.26. The molecular formula is C18H23N5O5S. The van der Waals surface area contributed by atoms with Gasteiger partial charge in [-0.15, -0.1) is 0 Å². The number of hydrogen-bond donors (Lipinski definition) is 1. The summed E-state index contributed by atoms with van der Waals surface area (Å²) in [5.41, 5.74) is -0.652. The molecule has 1 heterocycles. The third kappa shape index (κ3) is 5.05. The Kier molecular flexibility index (Phi) is 6.85. The van der Waals surface area contributed by atoms with Gasteiger partial charge in [0.1, 0.15) is 5.69 Å². The molecule has 0 unspecified atom stereocenters. The molecule has 10 nitrogen and oxygen atoms in total. The van der Waals surface area contributed by atoms with Gasteiger partial charge in [-0.25, -0.2) is 0 Å². The Hall–Kier alpha value is -3.08. The maximum Gasteiger partial charge on any atom is 0.315 e. The number of H-pyrrole nitrogens is 1. The molecule has 0 aliphatic heterocycles. The highest BCUT2D eigenvalue weighted by atomic mass is 32.1. The molecule has 0 spiro atoms. The van der Waals surface area contributed by atoms with E-state index in [4.69, 9.17) is 21.7 Å². The molecule has 11 heteroatoms. The minimum absolute atomic E-state index is 0.00335. The minimum atomic E-state index is -0.562. The molecule has 1 aromatic carbocycles. The number of nitro groups is 1. The molecule has 0 bridgehead atoms. The number of methoxy groups -OCH3 is 1. The van der Waals surface area contributed by atoms with Gasteiger partial charge in [0, 0.05) is 17.0 Å². The Morgan fingerprint density at radius 2 is 2.10 bits per heavy atom. The van der Waals surface area contributed by atoms with Crippen LogP contribution in [0.2, 0.25) is 0 Å². The number of nitrogens with zero attached hydrogens (tertiary/aromatic N) is 4. The Morgan fingerprint density at radius 1 is 1.41 bits per heavy atom. The van der Waals surface area contributed by atoms with Crippen molar-refractivity contribution in [3.63, 3.8) is 0 Å². The first kappa shape index (κ1) is 22.2. The zero-order chi connectivity index (χ0) is 21.8. The molecule has 2 aromatic rings. The number of aromatic amines is 1. The minimum Gasteiger partial charge on any atom is -0.493 e. The van der Waals surface area contributed by atoms with Gasteiger partial charge in [0.05, 0.1) is 24.9 Å². The van der Waals surface area contributed by atoms with E-state index in [2.05, 4.69) is 15.3 Å². The van der Waals surface area contributed by atoms with Crippen LogP contribution < -0.4 is 15.0 Å². The Bertz CT molecular complexity index is 1050. The van der Waals surface area contributed by atoms with E-state index in [1.165, 1.54) is 25.5 Å². The largest absolute Gasteiger partial charge is 0.493 e. The van der Waals surface area contributed by atoms with Crippen LogP contribution >= 0.6 is 12.2 Å². The number of rotatable bonds is 7. The fraction of sp³-hybridized carbons (Fsp3) is 0.444. The van der Waals surface area contributed by atoms with Crippen molar-refractivity contribution >= 4 is 24.1 Å². The molecule has 1 aromatic heterocycles. The van der Waals surface area contributed by atoms with Crippen LogP contribution in [-0.2, 0) is 5.41 Å². The lowest BCUT2D eigenvalue weighted by atomic mass is 9.93. The van der Waals surface area contributed by atoms with Crippen LogP contribution in [0.15, 0.2) is 22.0 Å². The van der Waals surface area contributed by atoms with E-state index >= 15 is 0 Å². The second-order valence-corrected chi connectivity index (χ2v) is 7.55. The highest BCUT2D eigenvalue weighted by molar-refractivity contribution is 7.71. The van der Waals surface area contributed by atoms with Crippen LogP contribution in [0, 0.1) is 14.9 Å². The fourth-order valence-corrected chi connectivity index (χ4v) is 2.60. The van der Waals surface area contributed by atoms with Crippen LogP contribution in [-0.4, -0.2) is 39.7 Å². The SMILES string of the molecule is CCCOc1c(OC)cc(/C=N\n2c(=S)[nH]nc(C(C)(C)C)c2=O)cc1[N+](=O)[O-]. The molecule has 0 saturated carbocycles. The third-order valence-electron chi connectivity index (χ3n) is 3.81. The maximum atomic E-state index is 12.7. The molecule has 1 N–H and O–H groups in total. The molecule has 0 amide bonds. The summed E-state index contributed by atoms with van der Waals surface area (Å²) in [4.78, 5) is 23.6. The van der Waals surface area contributed by atoms with Gasteiger partial charge in [0.2, 0.25) is 10.5 Å². The molecule has 156 valence electrons. The summed E-state index contributed by atoms with van der Waals surface area (Å²) in [6, 6.07) is 2.83. The van der Waals surface area contributed by atoms with E-state index in [0.717, 1.165) is 4.68 Å². The lowest BCUT2D eigenvalue weighted by Crippen LogP contribution is -2.32. The molecule has 0 saturated heterocycles. The molecule has 0 aliphatic rings. The molecule has 0 atom stereocenters. The van der Waals surface area contributed by atoms with Gasteiger partial charge >= 0.3 is 5.69 Å². The van der Waals surface area contributed by atoms with Crippen LogP contribution in [0.4, 0.5) is 5.69 Å². The van der Waals surface area contributed by atoms with Crippen LogP contribution in [0.5, 0.6) is 11.5 Å². The van der Waals surface area contributed by atoms with Gasteiger partial charge < -0.3 is 9.47 Å². The van der Waals surface area contributed by atoms with Crippen molar-refractivity contribution in [2.45, 2.75) is 39.5 Å². The molecule has 0 fully saturated rings. The molecule has 29 heavy (non-hydrogen) atoms. The predicted octanol–water partition coefficient (Wildman–Crippen LogP) is 3.19. The highest BCUT2D eigenvalue weighted by Crippen LogP contribution is 2.38. The Labute approximate surface area is 172 Å². The predicted molar refractivity (Wildman–Crippen MR) is 111 cm³/mol. The van der Waals surface area contributed by atoms with Crippen LogP contribution in [0.3, 0.4) is 0 Å². The van der Waals surface area contributed by atoms with E-state index in [1.807, 2.05) is 27.7 Å². The third-order valence-corrected chi connectivity index (χ3v) is 4.07. The summed E-state index contributed by atoms with van der Waals surface area (Å²) < 4.78 is 11.7. The first-order valence-electron chi connectivity index (χ1n) is 8.86. The van der Waals surface area contributed by atoms with Gasteiger partial charge in [-0.1, -0.05) is 27.7 Å². The number of hydrogen-bond acceptors (Lipinski definition) is 8. The quantitative estimate of drug-likeness (QED) is 0.315. The first-order chi connectivity index (χ1) is 13.6. The van der Waals surface area contributed by atoms with Crippen LogP contribution in [0.1, 0.15) is 45.4 Å². The van der Waals surface area contributed by atoms with E-state index in [-0.39, 0.29) is 27.7 Å². The lowest BCUT2D eigenvalue weighted by molar-refractivity contribution is -0.386. The normalized spacial score (nSPS) is 11.6. The summed E-state index contributed by atoms with van der Waals surface area (Å²) in [6.45, 7) is 7.71. The van der Waals surface area contributed by atoms with Crippen molar-refractivity contribution in [3.8, 4) is 11.5 Å². The van der Waals surface area contributed by atoms with Crippen molar-refractivity contribution in [1.29, 1.82) is 0 Å². The monoisotopic (exact) mass is 421 g/mol. The van der Waals surface area contributed by atoms with Gasteiger partial charge in [-0.2, -0.15) is 14.9 Å². The van der Waals surface area contributed by atoms with Crippen molar-refractivity contribution in [1.82, 2.24) is 14.9 Å². The number of aromatic nitrogens is 3. The number of nitrogens with one attached hydrogen (secondary N) is 1. The summed E-state index contributed by atoms with van der Waals surface area (Å²) in [5, 5.41) is 22.2. The number of benzene rings is 1. The van der Waals surface area contributed by atoms with E-state index in [0.29, 0.717) is 18.6 Å². The van der Waals surface area contributed by atoms with Crippen LogP contribution in [0.25, 0.3) is 0 Å². The Balaban J connectivity index is 2.56. The maximum absolute atomic E-state index is 12.7. The van der Waals surface area contributed by atoms with Crippen molar-refractivity contribution in [2.24, 2.45) is 5.10 Å². The van der Waals surface area contributed by atoms with Gasteiger partial charge in [0.25, 0.3) is 5.56 Å². The van der Waals surface area contributed by atoms with Gasteiger partial charge in [-0.05, 0) is 24.7 Å². The smallest absolute Gasteiger partial charge is 0.315 e. The van der Waals surface area contributed by atoms with E-state index in [9.17, 15) is 14.9 Å². The summed E-state index contributed by atoms with van der Waals surface area (Å²) in [5.74, 6) is 0.238. The summed E-state index contributed by atoms with van der Waals surface area (Å²) in [6.07, 6.45) is 1.97. The zero-order valence-electron chi connectivity index (χ0n) is 16.9. The van der Waals surface area contributed by atoms with Gasteiger partial charge in [0.15, 0.2) is 5.75 Å². The van der Waals surface area contributed by atoms with Gasteiger partial charge in [-0.3, -0.25) is 20.0 Å². The average Bonchev–Trinajstić information content (AvgIpc) is 2.64. The standard InChI is InChI=1S/C18H23N5O5S/c1-6-7-28-14-12(23(25)26)8-11(9-13(14)27-5)10-19-22-16(24)15(18(2,3)4)20-21-17(22)29/h8-10H,6-7H2,1-5H3,(H,21,29)/b19-10-. The molecule has 0 radical (unpaired) electrons. The summed E-state index contributed by atoms with van der Waals surface area (Å²) in [7, 11) is 1.39. The second kappa shape index (κ2) is 8.95. The van der Waals surface area contributed by atoms with Crippen molar-refractivity contribution in [3.05, 3.63) is 48.6 Å². The molecular weight excluding hydrogens is 398 g/mol. The highest BCUT2D eigenvalue weighted by Gasteiger charge is 2.23. The van der Waals surface area contributed by atoms with Crippen molar-refractivity contribution < 1.29 is 14.4 Å².